The minimum absolute atomic E-state index is 0.0325. The third kappa shape index (κ3) is 8.87. The molecule has 0 saturated carbocycles. The van der Waals surface area contributed by atoms with Gasteiger partial charge in [0.2, 0.25) is 11.8 Å². The SMILES string of the molecule is Cc1cccc(C[C@H](NNC(=O)C(c2ccccc2)c2ccccc2)C(=O)N[C@H](C#N)COCc2ccccc2)c1. The maximum Gasteiger partial charge on any atom is 0.246 e. The van der Waals surface area contributed by atoms with Gasteiger partial charge in [0.15, 0.2) is 0 Å². The quantitative estimate of drug-likeness (QED) is 0.213. The molecule has 7 nitrogen and oxygen atoms in total. The molecule has 2 amide bonds. The Morgan fingerprint density at radius 2 is 1.37 bits per heavy atom. The van der Waals surface area contributed by atoms with E-state index in [4.69, 9.17) is 4.74 Å². The predicted octanol–water partition coefficient (Wildman–Crippen LogP) is 4.58. The van der Waals surface area contributed by atoms with Gasteiger partial charge < -0.3 is 10.1 Å². The number of nitrogens with one attached hydrogen (secondary N) is 3. The highest BCUT2D eigenvalue weighted by molar-refractivity contribution is 5.88. The number of amides is 2. The van der Waals surface area contributed by atoms with E-state index in [9.17, 15) is 14.9 Å². The molecular formula is C34H34N4O3. The molecule has 208 valence electrons. The highest BCUT2D eigenvalue weighted by Crippen LogP contribution is 2.24. The zero-order valence-corrected chi connectivity index (χ0v) is 23.0. The first kappa shape index (κ1) is 29.2. The van der Waals surface area contributed by atoms with Crippen LogP contribution in [0.25, 0.3) is 0 Å². The van der Waals surface area contributed by atoms with Crippen LogP contribution in [0.2, 0.25) is 0 Å². The molecule has 0 unspecified atom stereocenters. The molecule has 7 heteroatoms. The van der Waals surface area contributed by atoms with E-state index in [0.29, 0.717) is 13.0 Å². The van der Waals surface area contributed by atoms with Gasteiger partial charge in [0, 0.05) is 0 Å². The lowest BCUT2D eigenvalue weighted by atomic mass is 9.91. The Labute approximate surface area is 241 Å². The van der Waals surface area contributed by atoms with Crippen LogP contribution in [0.4, 0.5) is 0 Å². The van der Waals surface area contributed by atoms with E-state index in [1.165, 1.54) is 0 Å². The molecule has 4 aromatic carbocycles. The lowest BCUT2D eigenvalue weighted by Gasteiger charge is -2.23. The number of nitriles is 1. The van der Waals surface area contributed by atoms with E-state index in [1.807, 2.05) is 122 Å². The van der Waals surface area contributed by atoms with Crippen LogP contribution in [0, 0.1) is 18.3 Å². The summed E-state index contributed by atoms with van der Waals surface area (Å²) >= 11 is 0. The number of nitrogens with zero attached hydrogens (tertiary/aromatic N) is 1. The smallest absolute Gasteiger partial charge is 0.246 e. The zero-order chi connectivity index (χ0) is 28.9. The van der Waals surface area contributed by atoms with Crippen molar-refractivity contribution >= 4 is 11.8 Å². The zero-order valence-electron chi connectivity index (χ0n) is 23.0. The van der Waals surface area contributed by atoms with Crippen molar-refractivity contribution in [3.05, 3.63) is 143 Å². The van der Waals surface area contributed by atoms with Gasteiger partial charge in [-0.05, 0) is 35.6 Å². The average Bonchev–Trinajstić information content (AvgIpc) is 3.00. The van der Waals surface area contributed by atoms with E-state index >= 15 is 0 Å². The Bertz CT molecular complexity index is 1400. The van der Waals surface area contributed by atoms with Crippen molar-refractivity contribution in [3.8, 4) is 6.07 Å². The highest BCUT2D eigenvalue weighted by atomic mass is 16.5. The first-order chi connectivity index (χ1) is 20.0. The fourth-order valence-corrected chi connectivity index (χ4v) is 4.55. The second-order valence-corrected chi connectivity index (χ2v) is 9.82. The molecule has 0 saturated heterocycles. The topological polar surface area (TPSA) is 103 Å². The summed E-state index contributed by atoms with van der Waals surface area (Å²) in [6.07, 6.45) is 0.304. The summed E-state index contributed by atoms with van der Waals surface area (Å²) in [6, 6.07) is 36.8. The molecule has 0 radical (unpaired) electrons. The summed E-state index contributed by atoms with van der Waals surface area (Å²) in [5.41, 5.74) is 10.4. The van der Waals surface area contributed by atoms with Gasteiger partial charge in [-0.15, -0.1) is 0 Å². The number of carbonyl (C=O) groups is 2. The summed E-state index contributed by atoms with van der Waals surface area (Å²) < 4.78 is 5.69. The molecule has 0 aliphatic carbocycles. The molecule has 0 aliphatic heterocycles. The maximum atomic E-state index is 13.6. The minimum atomic E-state index is -0.856. The van der Waals surface area contributed by atoms with Gasteiger partial charge in [-0.3, -0.25) is 15.0 Å². The number of aryl methyl sites for hydroxylation is 1. The number of hydrazine groups is 1. The van der Waals surface area contributed by atoms with E-state index < -0.39 is 23.9 Å². The molecule has 0 aliphatic rings. The monoisotopic (exact) mass is 546 g/mol. The van der Waals surface area contributed by atoms with Crippen molar-refractivity contribution in [3.63, 3.8) is 0 Å². The molecule has 0 fully saturated rings. The van der Waals surface area contributed by atoms with Crippen molar-refractivity contribution in [2.45, 2.75) is 38.0 Å². The maximum absolute atomic E-state index is 13.6. The lowest BCUT2D eigenvalue weighted by Crippen LogP contribution is -2.55. The molecule has 0 aromatic heterocycles. The van der Waals surface area contributed by atoms with Gasteiger partial charge in [-0.2, -0.15) is 5.26 Å². The number of ether oxygens (including phenoxy) is 1. The van der Waals surface area contributed by atoms with Gasteiger partial charge in [0.25, 0.3) is 0 Å². The largest absolute Gasteiger partial charge is 0.374 e. The van der Waals surface area contributed by atoms with Gasteiger partial charge in [0.1, 0.15) is 12.1 Å². The molecule has 0 heterocycles. The van der Waals surface area contributed by atoms with Crippen LogP contribution in [-0.2, 0) is 27.4 Å². The average molecular weight is 547 g/mol. The number of carbonyl (C=O) groups excluding carboxylic acids is 2. The van der Waals surface area contributed by atoms with Crippen molar-refractivity contribution in [1.29, 1.82) is 5.26 Å². The first-order valence-corrected chi connectivity index (χ1v) is 13.6. The van der Waals surface area contributed by atoms with Crippen LogP contribution in [0.1, 0.15) is 33.7 Å². The number of benzene rings is 4. The van der Waals surface area contributed by atoms with Crippen LogP contribution < -0.4 is 16.2 Å². The van der Waals surface area contributed by atoms with Gasteiger partial charge in [0.05, 0.1) is 25.2 Å². The van der Waals surface area contributed by atoms with Crippen molar-refractivity contribution in [1.82, 2.24) is 16.2 Å². The fraction of sp³-hybridized carbons (Fsp3) is 0.206. The third-order valence-corrected chi connectivity index (χ3v) is 6.60. The number of hydrogen-bond donors (Lipinski definition) is 3. The minimum Gasteiger partial charge on any atom is -0.374 e. The standard InChI is InChI=1S/C34H34N4O3/c1-25-12-11-15-27(20-25)21-31(33(39)36-30(22-35)24-41-23-26-13-5-2-6-14-26)37-38-34(40)32(28-16-7-3-8-17-28)29-18-9-4-10-19-29/h2-20,30-32,37H,21,23-24H2,1H3,(H,36,39)(H,38,40)/t30-,31+/m1/s1. The van der Waals surface area contributed by atoms with Crippen LogP contribution in [0.15, 0.2) is 115 Å². The lowest BCUT2D eigenvalue weighted by molar-refractivity contribution is -0.126. The normalized spacial score (nSPS) is 12.2. The number of rotatable bonds is 13. The molecule has 41 heavy (non-hydrogen) atoms. The number of hydrogen-bond acceptors (Lipinski definition) is 5. The molecule has 4 aromatic rings. The molecule has 3 N–H and O–H groups in total. The van der Waals surface area contributed by atoms with Crippen LogP contribution in [-0.4, -0.2) is 30.5 Å². The molecule has 0 spiro atoms. The molecule has 4 rings (SSSR count). The Kier molecular flexibility index (Phi) is 10.8. The van der Waals surface area contributed by atoms with Gasteiger partial charge >= 0.3 is 0 Å². The highest BCUT2D eigenvalue weighted by Gasteiger charge is 2.26. The molecular weight excluding hydrogens is 512 g/mol. The Morgan fingerprint density at radius 3 is 1.95 bits per heavy atom. The Balaban J connectivity index is 1.46. The van der Waals surface area contributed by atoms with E-state index in [0.717, 1.165) is 27.8 Å². The van der Waals surface area contributed by atoms with E-state index in [2.05, 4.69) is 22.2 Å². The Morgan fingerprint density at radius 1 is 0.780 bits per heavy atom. The van der Waals surface area contributed by atoms with Gasteiger partial charge in [-0.1, -0.05) is 121 Å². The summed E-state index contributed by atoms with van der Waals surface area (Å²) in [5.74, 6) is -1.30. The third-order valence-electron chi connectivity index (χ3n) is 6.60. The summed E-state index contributed by atoms with van der Waals surface area (Å²) in [6.45, 7) is 2.34. The van der Waals surface area contributed by atoms with Crippen LogP contribution in [0.5, 0.6) is 0 Å². The molecule has 2 atom stereocenters. The molecule has 0 bridgehead atoms. The van der Waals surface area contributed by atoms with E-state index in [1.54, 1.807) is 0 Å². The van der Waals surface area contributed by atoms with Crippen LogP contribution in [0.3, 0.4) is 0 Å². The second kappa shape index (κ2) is 15.1. The van der Waals surface area contributed by atoms with E-state index in [-0.39, 0.29) is 12.5 Å². The fourth-order valence-electron chi connectivity index (χ4n) is 4.55. The van der Waals surface area contributed by atoms with Crippen molar-refractivity contribution in [2.75, 3.05) is 6.61 Å². The van der Waals surface area contributed by atoms with Crippen LogP contribution >= 0.6 is 0 Å². The Hall–Kier alpha value is -4.77. The summed E-state index contributed by atoms with van der Waals surface area (Å²) in [7, 11) is 0. The summed E-state index contributed by atoms with van der Waals surface area (Å²) in [5, 5.41) is 12.5. The first-order valence-electron chi connectivity index (χ1n) is 13.6. The van der Waals surface area contributed by atoms with Crippen molar-refractivity contribution < 1.29 is 14.3 Å². The van der Waals surface area contributed by atoms with Gasteiger partial charge in [-0.25, -0.2) is 5.43 Å². The predicted molar refractivity (Wildman–Crippen MR) is 158 cm³/mol. The van der Waals surface area contributed by atoms with Crippen molar-refractivity contribution in [2.24, 2.45) is 0 Å². The second-order valence-electron chi connectivity index (χ2n) is 9.82. The summed E-state index contributed by atoms with van der Waals surface area (Å²) in [4.78, 5) is 27.0.